The molecule has 3 aromatic carbocycles. The molecule has 1 heterocycles. The number of aryl methyl sites for hydroxylation is 2. The SMILES string of the molecule is O=C(c1ccccc1)c1oc2ccccc2c1CCc1ccccc1. The molecule has 0 aliphatic rings. The number of rotatable bonds is 5. The summed E-state index contributed by atoms with van der Waals surface area (Å²) in [5.74, 6) is 0.406. The fraction of sp³-hybridized carbons (Fsp3) is 0.0870. The van der Waals surface area contributed by atoms with Crippen molar-refractivity contribution in [1.29, 1.82) is 0 Å². The van der Waals surface area contributed by atoms with Crippen molar-refractivity contribution in [2.24, 2.45) is 0 Å². The van der Waals surface area contributed by atoms with Crippen LogP contribution in [-0.2, 0) is 12.8 Å². The predicted octanol–water partition coefficient (Wildman–Crippen LogP) is 5.45. The third-order valence-electron chi connectivity index (χ3n) is 4.45. The summed E-state index contributed by atoms with van der Waals surface area (Å²) in [4.78, 5) is 13.0. The average Bonchev–Trinajstić information content (AvgIpc) is 3.06. The lowest BCUT2D eigenvalue weighted by Crippen LogP contribution is -2.04. The van der Waals surface area contributed by atoms with Crippen LogP contribution in [-0.4, -0.2) is 5.78 Å². The van der Waals surface area contributed by atoms with E-state index < -0.39 is 0 Å². The lowest BCUT2D eigenvalue weighted by Gasteiger charge is -2.04. The molecule has 0 aliphatic heterocycles. The standard InChI is InChI=1S/C23H18O2/c24-22(18-11-5-2-6-12-18)23-20(16-15-17-9-3-1-4-10-17)19-13-7-8-14-21(19)25-23/h1-14H,15-16H2. The topological polar surface area (TPSA) is 30.2 Å². The van der Waals surface area contributed by atoms with Gasteiger partial charge in [0.15, 0.2) is 5.76 Å². The number of ketones is 1. The molecule has 0 saturated carbocycles. The molecule has 0 spiro atoms. The minimum Gasteiger partial charge on any atom is -0.452 e. The number of benzene rings is 3. The molecule has 0 aliphatic carbocycles. The van der Waals surface area contributed by atoms with E-state index in [1.807, 2.05) is 72.8 Å². The molecule has 2 heteroatoms. The minimum absolute atomic E-state index is 0.0557. The number of carbonyl (C=O) groups is 1. The number of furan rings is 1. The molecule has 2 nitrogen and oxygen atoms in total. The van der Waals surface area contributed by atoms with Gasteiger partial charge >= 0.3 is 0 Å². The summed E-state index contributed by atoms with van der Waals surface area (Å²) in [6.45, 7) is 0. The van der Waals surface area contributed by atoms with Crippen molar-refractivity contribution in [2.45, 2.75) is 12.8 Å². The van der Waals surface area contributed by atoms with Gasteiger partial charge in [-0.15, -0.1) is 0 Å². The maximum atomic E-state index is 13.0. The molecule has 1 aromatic heterocycles. The fourth-order valence-corrected chi connectivity index (χ4v) is 3.17. The van der Waals surface area contributed by atoms with Crippen molar-refractivity contribution in [1.82, 2.24) is 0 Å². The fourth-order valence-electron chi connectivity index (χ4n) is 3.17. The maximum absolute atomic E-state index is 13.0. The Morgan fingerprint density at radius 1 is 0.720 bits per heavy atom. The summed E-state index contributed by atoms with van der Waals surface area (Å²) in [6.07, 6.45) is 1.65. The van der Waals surface area contributed by atoms with Crippen molar-refractivity contribution in [3.05, 3.63) is 107 Å². The predicted molar refractivity (Wildman–Crippen MR) is 99.9 cm³/mol. The van der Waals surface area contributed by atoms with E-state index in [0.717, 1.165) is 29.4 Å². The molecule has 25 heavy (non-hydrogen) atoms. The third-order valence-corrected chi connectivity index (χ3v) is 4.45. The van der Waals surface area contributed by atoms with Crippen LogP contribution >= 0.6 is 0 Å². The Balaban J connectivity index is 1.74. The summed E-state index contributed by atoms with van der Waals surface area (Å²) in [6, 6.07) is 27.5. The Morgan fingerprint density at radius 3 is 2.12 bits per heavy atom. The number of carbonyl (C=O) groups excluding carboxylic acids is 1. The van der Waals surface area contributed by atoms with Crippen LogP contribution in [0.4, 0.5) is 0 Å². The number of fused-ring (bicyclic) bond motifs is 1. The number of hydrogen-bond acceptors (Lipinski definition) is 2. The van der Waals surface area contributed by atoms with E-state index in [2.05, 4.69) is 12.1 Å². The molecule has 4 aromatic rings. The highest BCUT2D eigenvalue weighted by Crippen LogP contribution is 2.29. The van der Waals surface area contributed by atoms with Crippen molar-refractivity contribution in [2.75, 3.05) is 0 Å². The Bertz CT molecular complexity index is 998. The Hall–Kier alpha value is -3.13. The van der Waals surface area contributed by atoms with Crippen LogP contribution in [0.2, 0.25) is 0 Å². The van der Waals surface area contributed by atoms with Crippen LogP contribution in [0.3, 0.4) is 0 Å². The number of hydrogen-bond donors (Lipinski definition) is 0. The normalized spacial score (nSPS) is 10.9. The molecule has 0 atom stereocenters. The first-order chi connectivity index (χ1) is 12.3. The summed E-state index contributed by atoms with van der Waals surface area (Å²) >= 11 is 0. The molecular formula is C23H18O2. The average molecular weight is 326 g/mol. The molecular weight excluding hydrogens is 308 g/mol. The van der Waals surface area contributed by atoms with E-state index in [9.17, 15) is 4.79 Å². The Morgan fingerprint density at radius 2 is 1.36 bits per heavy atom. The molecule has 0 amide bonds. The summed E-state index contributed by atoms with van der Waals surface area (Å²) < 4.78 is 5.95. The van der Waals surface area contributed by atoms with Crippen molar-refractivity contribution in [3.63, 3.8) is 0 Å². The van der Waals surface area contributed by atoms with E-state index in [0.29, 0.717) is 11.3 Å². The van der Waals surface area contributed by atoms with Gasteiger partial charge in [0.25, 0.3) is 0 Å². The van der Waals surface area contributed by atoms with Crippen molar-refractivity contribution >= 4 is 16.8 Å². The van der Waals surface area contributed by atoms with Crippen LogP contribution in [0, 0.1) is 0 Å². The molecule has 0 saturated heterocycles. The van der Waals surface area contributed by atoms with Gasteiger partial charge in [0.2, 0.25) is 5.78 Å². The van der Waals surface area contributed by atoms with E-state index >= 15 is 0 Å². The first kappa shape index (κ1) is 15.4. The number of para-hydroxylation sites is 1. The first-order valence-electron chi connectivity index (χ1n) is 8.47. The minimum atomic E-state index is -0.0557. The highest BCUT2D eigenvalue weighted by atomic mass is 16.3. The van der Waals surface area contributed by atoms with Crippen LogP contribution < -0.4 is 0 Å². The second-order valence-corrected chi connectivity index (χ2v) is 6.09. The van der Waals surface area contributed by atoms with E-state index in [1.165, 1.54) is 5.56 Å². The van der Waals surface area contributed by atoms with Crippen LogP contribution in [0.5, 0.6) is 0 Å². The molecule has 0 radical (unpaired) electrons. The smallest absolute Gasteiger partial charge is 0.228 e. The zero-order valence-electron chi connectivity index (χ0n) is 13.8. The highest BCUT2D eigenvalue weighted by molar-refractivity contribution is 6.10. The van der Waals surface area contributed by atoms with E-state index in [1.54, 1.807) is 0 Å². The first-order valence-corrected chi connectivity index (χ1v) is 8.47. The quantitative estimate of drug-likeness (QED) is 0.457. The van der Waals surface area contributed by atoms with Crippen LogP contribution in [0.1, 0.15) is 27.2 Å². The van der Waals surface area contributed by atoms with Gasteiger partial charge in [-0.2, -0.15) is 0 Å². The van der Waals surface area contributed by atoms with Crippen LogP contribution in [0.25, 0.3) is 11.0 Å². The van der Waals surface area contributed by atoms with Gasteiger partial charge < -0.3 is 4.42 Å². The zero-order valence-corrected chi connectivity index (χ0v) is 13.8. The van der Waals surface area contributed by atoms with Gasteiger partial charge in [-0.3, -0.25) is 4.79 Å². The van der Waals surface area contributed by atoms with E-state index in [4.69, 9.17) is 4.42 Å². The molecule has 122 valence electrons. The second kappa shape index (κ2) is 6.78. The third kappa shape index (κ3) is 3.11. The maximum Gasteiger partial charge on any atom is 0.228 e. The highest BCUT2D eigenvalue weighted by Gasteiger charge is 2.21. The van der Waals surface area contributed by atoms with E-state index in [-0.39, 0.29) is 5.78 Å². The van der Waals surface area contributed by atoms with Gasteiger partial charge in [-0.1, -0.05) is 78.9 Å². The largest absolute Gasteiger partial charge is 0.452 e. The zero-order chi connectivity index (χ0) is 17.1. The Labute approximate surface area is 146 Å². The second-order valence-electron chi connectivity index (χ2n) is 6.09. The van der Waals surface area contributed by atoms with Gasteiger partial charge in [-0.25, -0.2) is 0 Å². The van der Waals surface area contributed by atoms with Gasteiger partial charge in [0.1, 0.15) is 5.58 Å². The summed E-state index contributed by atoms with van der Waals surface area (Å²) in [5.41, 5.74) is 3.67. The lowest BCUT2D eigenvalue weighted by atomic mass is 9.98. The molecule has 4 rings (SSSR count). The van der Waals surface area contributed by atoms with Crippen LogP contribution in [0.15, 0.2) is 89.3 Å². The van der Waals surface area contributed by atoms with Crippen molar-refractivity contribution in [3.8, 4) is 0 Å². The molecule has 0 bridgehead atoms. The van der Waals surface area contributed by atoms with Crippen molar-refractivity contribution < 1.29 is 9.21 Å². The summed E-state index contributed by atoms with van der Waals surface area (Å²) in [7, 11) is 0. The monoisotopic (exact) mass is 326 g/mol. The molecule has 0 N–H and O–H groups in total. The molecule has 0 fully saturated rings. The summed E-state index contributed by atoms with van der Waals surface area (Å²) in [5, 5.41) is 1.03. The Kier molecular flexibility index (Phi) is 4.17. The van der Waals surface area contributed by atoms with Gasteiger partial charge in [0, 0.05) is 16.5 Å². The van der Waals surface area contributed by atoms with Gasteiger partial charge in [-0.05, 0) is 24.5 Å². The van der Waals surface area contributed by atoms with Gasteiger partial charge in [0.05, 0.1) is 0 Å². The molecule has 0 unspecified atom stereocenters. The lowest BCUT2D eigenvalue weighted by molar-refractivity contribution is 0.101.